The first-order valence-corrected chi connectivity index (χ1v) is 8.12. The van der Waals surface area contributed by atoms with Gasteiger partial charge in [-0.05, 0) is 53.1 Å². The van der Waals surface area contributed by atoms with Gasteiger partial charge in [0.15, 0.2) is 5.78 Å². The molecule has 0 fully saturated rings. The van der Waals surface area contributed by atoms with Gasteiger partial charge in [-0.2, -0.15) is 0 Å². The fourth-order valence-corrected chi connectivity index (χ4v) is 2.48. The molecule has 0 spiro atoms. The van der Waals surface area contributed by atoms with Gasteiger partial charge in [-0.3, -0.25) is 4.79 Å². The van der Waals surface area contributed by atoms with Crippen molar-refractivity contribution in [2.24, 2.45) is 0 Å². The first-order valence-electron chi connectivity index (χ1n) is 8.12. The Morgan fingerprint density at radius 2 is 1.23 bits per heavy atom. The Morgan fingerprint density at radius 3 is 1.81 bits per heavy atom. The average molecular weight is 346 g/mol. The number of halogens is 2. The third-order valence-corrected chi connectivity index (χ3v) is 3.83. The minimum Gasteiger partial charge on any atom is -0.289 e. The lowest BCUT2D eigenvalue weighted by molar-refractivity contribution is -0.109. The van der Waals surface area contributed by atoms with Gasteiger partial charge in [0.2, 0.25) is 0 Å². The van der Waals surface area contributed by atoms with Crippen LogP contribution in [0.5, 0.6) is 0 Å². The van der Waals surface area contributed by atoms with Gasteiger partial charge in [0.05, 0.1) is 0 Å². The Kier molecular flexibility index (Phi) is 5.49. The molecule has 0 unspecified atom stereocenters. The molecule has 1 nitrogen and oxygen atoms in total. The summed E-state index contributed by atoms with van der Waals surface area (Å²) in [5.41, 5.74) is 2.73. The van der Waals surface area contributed by atoms with Gasteiger partial charge in [0, 0.05) is 5.57 Å². The van der Waals surface area contributed by atoms with E-state index < -0.39 is 0 Å². The summed E-state index contributed by atoms with van der Waals surface area (Å²) in [5, 5.41) is 0. The molecule has 0 saturated carbocycles. The maximum absolute atomic E-state index is 13.1. The number of benzene rings is 3. The van der Waals surface area contributed by atoms with Crippen LogP contribution in [0.15, 0.2) is 84.9 Å². The van der Waals surface area contributed by atoms with E-state index in [0.717, 1.165) is 16.7 Å². The third-order valence-electron chi connectivity index (χ3n) is 3.83. The molecule has 0 radical (unpaired) electrons. The molecule has 3 aromatic carbocycles. The average Bonchev–Trinajstić information content (AvgIpc) is 2.67. The van der Waals surface area contributed by atoms with Gasteiger partial charge in [0.25, 0.3) is 0 Å². The second-order valence-corrected chi connectivity index (χ2v) is 5.72. The van der Waals surface area contributed by atoms with Crippen molar-refractivity contribution in [2.75, 3.05) is 0 Å². The minimum atomic E-state index is -0.328. The van der Waals surface area contributed by atoms with Crippen LogP contribution in [0, 0.1) is 11.6 Å². The third kappa shape index (κ3) is 4.61. The topological polar surface area (TPSA) is 17.1 Å². The summed E-state index contributed by atoms with van der Waals surface area (Å²) in [4.78, 5) is 12.8. The van der Waals surface area contributed by atoms with E-state index in [4.69, 9.17) is 0 Å². The molecule has 0 saturated heterocycles. The maximum Gasteiger partial charge on any atom is 0.186 e. The van der Waals surface area contributed by atoms with E-state index in [1.165, 1.54) is 30.3 Å². The lowest BCUT2D eigenvalue weighted by Gasteiger charge is -2.05. The molecular formula is C23H16F2O. The molecule has 3 rings (SSSR count). The zero-order chi connectivity index (χ0) is 18.4. The number of hydrogen-bond acceptors (Lipinski definition) is 1. The van der Waals surface area contributed by atoms with Crippen LogP contribution >= 0.6 is 0 Å². The highest BCUT2D eigenvalue weighted by atomic mass is 19.1. The smallest absolute Gasteiger partial charge is 0.186 e. The van der Waals surface area contributed by atoms with Crippen molar-refractivity contribution in [3.8, 4) is 0 Å². The summed E-state index contributed by atoms with van der Waals surface area (Å²) >= 11 is 0. The van der Waals surface area contributed by atoms with Crippen LogP contribution in [-0.4, -0.2) is 5.78 Å². The monoisotopic (exact) mass is 346 g/mol. The zero-order valence-electron chi connectivity index (χ0n) is 13.9. The van der Waals surface area contributed by atoms with Crippen LogP contribution < -0.4 is 0 Å². The number of carbonyl (C=O) groups excluding carboxylic acids is 1. The Hall–Kier alpha value is -3.33. The summed E-state index contributed by atoms with van der Waals surface area (Å²) in [6, 6.07) is 21.1. The van der Waals surface area contributed by atoms with E-state index in [9.17, 15) is 13.6 Å². The Labute approximate surface area is 150 Å². The first kappa shape index (κ1) is 17.5. The van der Waals surface area contributed by atoms with Gasteiger partial charge in [-0.25, -0.2) is 8.78 Å². The van der Waals surface area contributed by atoms with Gasteiger partial charge >= 0.3 is 0 Å². The van der Waals surface area contributed by atoms with Crippen molar-refractivity contribution in [1.82, 2.24) is 0 Å². The standard InChI is InChI=1S/C23H16F2O/c24-20-11-6-17(7-12-20)10-15-23(26)22(19-4-2-1-3-5-19)16-18-8-13-21(25)14-9-18/h1-16H/b15-10+,22-16+. The summed E-state index contributed by atoms with van der Waals surface area (Å²) in [6.45, 7) is 0. The van der Waals surface area contributed by atoms with Crippen LogP contribution in [0.1, 0.15) is 16.7 Å². The molecule has 0 bridgehead atoms. The number of carbonyl (C=O) groups is 1. The van der Waals surface area contributed by atoms with Gasteiger partial charge in [0.1, 0.15) is 11.6 Å². The predicted molar refractivity (Wildman–Crippen MR) is 101 cm³/mol. The molecule has 0 amide bonds. The molecule has 0 aliphatic heterocycles. The lowest BCUT2D eigenvalue weighted by atomic mass is 9.98. The second kappa shape index (κ2) is 8.17. The SMILES string of the molecule is O=C(/C=C/c1ccc(F)cc1)/C(=C/c1ccc(F)cc1)c1ccccc1. The van der Waals surface area contributed by atoms with Crippen molar-refractivity contribution in [3.05, 3.63) is 113 Å². The van der Waals surface area contributed by atoms with E-state index in [0.29, 0.717) is 5.57 Å². The molecule has 0 atom stereocenters. The second-order valence-electron chi connectivity index (χ2n) is 5.72. The number of ketones is 1. The van der Waals surface area contributed by atoms with E-state index in [1.807, 2.05) is 30.3 Å². The molecule has 0 aliphatic carbocycles. The molecule has 128 valence electrons. The molecule has 3 heteroatoms. The predicted octanol–water partition coefficient (Wildman–Crippen LogP) is 5.79. The lowest BCUT2D eigenvalue weighted by Crippen LogP contribution is -1.98. The summed E-state index contributed by atoms with van der Waals surface area (Å²) in [7, 11) is 0. The molecule has 0 heterocycles. The van der Waals surface area contributed by atoms with Gasteiger partial charge in [-0.15, -0.1) is 0 Å². The fraction of sp³-hybridized carbons (Fsp3) is 0. The van der Waals surface area contributed by atoms with Gasteiger partial charge in [-0.1, -0.05) is 60.7 Å². The summed E-state index contributed by atoms with van der Waals surface area (Å²) < 4.78 is 26.1. The highest BCUT2D eigenvalue weighted by Gasteiger charge is 2.09. The van der Waals surface area contributed by atoms with Crippen molar-refractivity contribution < 1.29 is 13.6 Å². The van der Waals surface area contributed by atoms with Crippen molar-refractivity contribution >= 4 is 23.5 Å². The Balaban J connectivity index is 1.93. The van der Waals surface area contributed by atoms with Gasteiger partial charge < -0.3 is 0 Å². The maximum atomic E-state index is 13.1. The largest absolute Gasteiger partial charge is 0.289 e. The van der Waals surface area contributed by atoms with Crippen molar-refractivity contribution in [1.29, 1.82) is 0 Å². The molecular weight excluding hydrogens is 330 g/mol. The summed E-state index contributed by atoms with van der Waals surface area (Å²) in [5.74, 6) is -0.842. The number of allylic oxidation sites excluding steroid dienone is 2. The number of hydrogen-bond donors (Lipinski definition) is 0. The molecule has 0 aliphatic rings. The van der Waals surface area contributed by atoms with Crippen LogP contribution in [0.4, 0.5) is 8.78 Å². The van der Waals surface area contributed by atoms with Crippen LogP contribution in [0.3, 0.4) is 0 Å². The van der Waals surface area contributed by atoms with E-state index in [-0.39, 0.29) is 17.4 Å². The van der Waals surface area contributed by atoms with E-state index >= 15 is 0 Å². The molecule has 3 aromatic rings. The van der Waals surface area contributed by atoms with Crippen LogP contribution in [0.25, 0.3) is 17.7 Å². The normalized spacial score (nSPS) is 11.7. The quantitative estimate of drug-likeness (QED) is 0.422. The minimum absolute atomic E-state index is 0.190. The van der Waals surface area contributed by atoms with E-state index in [1.54, 1.807) is 36.4 Å². The Bertz CT molecular complexity index is 938. The van der Waals surface area contributed by atoms with Crippen LogP contribution in [0.2, 0.25) is 0 Å². The molecule has 0 aromatic heterocycles. The highest BCUT2D eigenvalue weighted by Crippen LogP contribution is 2.20. The number of rotatable bonds is 5. The summed E-state index contributed by atoms with van der Waals surface area (Å²) in [6.07, 6.45) is 4.82. The van der Waals surface area contributed by atoms with Crippen molar-refractivity contribution in [2.45, 2.75) is 0 Å². The fourth-order valence-electron chi connectivity index (χ4n) is 2.48. The Morgan fingerprint density at radius 1 is 0.692 bits per heavy atom. The van der Waals surface area contributed by atoms with E-state index in [2.05, 4.69) is 0 Å². The zero-order valence-corrected chi connectivity index (χ0v) is 13.9. The molecule has 0 N–H and O–H groups in total. The molecule has 26 heavy (non-hydrogen) atoms. The first-order chi connectivity index (χ1) is 12.6. The highest BCUT2D eigenvalue weighted by molar-refractivity contribution is 6.30. The van der Waals surface area contributed by atoms with Crippen molar-refractivity contribution in [3.63, 3.8) is 0 Å². The van der Waals surface area contributed by atoms with Crippen LogP contribution in [-0.2, 0) is 4.79 Å².